The van der Waals surface area contributed by atoms with Crippen LogP contribution in [-0.4, -0.2) is 40.4 Å². The van der Waals surface area contributed by atoms with Crippen molar-refractivity contribution in [1.82, 2.24) is 0 Å². The summed E-state index contributed by atoms with van der Waals surface area (Å²) in [6.07, 6.45) is 3.17. The van der Waals surface area contributed by atoms with Crippen molar-refractivity contribution in [2.75, 3.05) is 6.61 Å². The molecule has 0 radical (unpaired) electrons. The minimum atomic E-state index is -0.679. The maximum Gasteiger partial charge on any atom is 0.188 e. The zero-order chi connectivity index (χ0) is 28.3. The molecule has 6 nitrogen and oxygen atoms in total. The van der Waals surface area contributed by atoms with Crippen LogP contribution in [-0.2, 0) is 9.47 Å². The van der Waals surface area contributed by atoms with E-state index in [1.807, 2.05) is 20.8 Å². The summed E-state index contributed by atoms with van der Waals surface area (Å²) in [5, 5.41) is 17.9. The molecule has 1 heterocycles. The predicted octanol–water partition coefficient (Wildman–Crippen LogP) is 7.02. The van der Waals surface area contributed by atoms with E-state index < -0.39 is 6.29 Å². The molecule has 0 amide bonds. The third-order valence-corrected chi connectivity index (χ3v) is 7.94. The van der Waals surface area contributed by atoms with Crippen LogP contribution in [0.2, 0.25) is 0 Å². The van der Waals surface area contributed by atoms with Crippen LogP contribution in [0.1, 0.15) is 124 Å². The molecule has 36 heavy (non-hydrogen) atoms. The Kier molecular flexibility index (Phi) is 15.1. The van der Waals surface area contributed by atoms with E-state index in [0.29, 0.717) is 23.0 Å². The first-order valence-corrected chi connectivity index (χ1v) is 13.7. The molecule has 0 spiro atoms. The van der Waals surface area contributed by atoms with Gasteiger partial charge in [0.1, 0.15) is 5.75 Å². The molecule has 0 bridgehead atoms. The highest BCUT2D eigenvalue weighted by molar-refractivity contribution is 5.94. The van der Waals surface area contributed by atoms with Crippen LogP contribution in [0.15, 0.2) is 18.2 Å². The fourth-order valence-electron chi connectivity index (χ4n) is 4.19. The molecular formula is C30H55NO5. The first kappa shape index (κ1) is 34.5. The number of rotatable bonds is 9. The summed E-state index contributed by atoms with van der Waals surface area (Å²) >= 11 is 0. The standard InChI is InChI=1S/C26H43NO4.C2H6O.C2H6/c1-9-25(6,7)26(8,27)13-12-16(2)18(4)23-14-17(3)30-24(31-23)21-15-20(19(5)28)10-11-22(21)29;1-2-3;1-2/h10-11,15-18,23-24,29H,9,12-14,27H2,1-8H3;3H,2H2,1H3;1-2H3. The summed E-state index contributed by atoms with van der Waals surface area (Å²) in [5.41, 5.74) is 7.62. The van der Waals surface area contributed by atoms with Crippen molar-refractivity contribution in [2.24, 2.45) is 23.0 Å². The molecule has 210 valence electrons. The van der Waals surface area contributed by atoms with Crippen molar-refractivity contribution in [3.63, 3.8) is 0 Å². The highest BCUT2D eigenvalue weighted by atomic mass is 16.7. The molecule has 0 saturated carbocycles. The van der Waals surface area contributed by atoms with Gasteiger partial charge in [-0.2, -0.15) is 0 Å². The second-order valence-electron chi connectivity index (χ2n) is 10.9. The maximum atomic E-state index is 11.8. The van der Waals surface area contributed by atoms with Gasteiger partial charge in [-0.3, -0.25) is 4.79 Å². The molecule has 6 atom stereocenters. The first-order valence-electron chi connectivity index (χ1n) is 13.7. The van der Waals surface area contributed by atoms with Crippen LogP contribution in [0, 0.1) is 17.3 Å². The summed E-state index contributed by atoms with van der Waals surface area (Å²) in [4.78, 5) is 11.8. The van der Waals surface area contributed by atoms with Crippen molar-refractivity contribution in [3.8, 4) is 5.75 Å². The van der Waals surface area contributed by atoms with Crippen molar-refractivity contribution in [2.45, 2.75) is 126 Å². The molecule has 1 aliphatic heterocycles. The zero-order valence-electron chi connectivity index (χ0n) is 24.9. The highest BCUT2D eigenvalue weighted by Crippen LogP contribution is 2.41. The number of aliphatic hydroxyl groups is 1. The van der Waals surface area contributed by atoms with Crippen LogP contribution < -0.4 is 5.73 Å². The Hall–Kier alpha value is -1.47. The number of carbonyl (C=O) groups excluding carboxylic acids is 1. The second kappa shape index (κ2) is 15.7. The number of aromatic hydroxyl groups is 1. The first-order chi connectivity index (χ1) is 16.7. The number of carbonyl (C=O) groups is 1. The summed E-state index contributed by atoms with van der Waals surface area (Å²) in [6.45, 7) is 22.8. The summed E-state index contributed by atoms with van der Waals surface area (Å²) in [7, 11) is 0. The van der Waals surface area contributed by atoms with Crippen LogP contribution in [0.5, 0.6) is 5.75 Å². The summed E-state index contributed by atoms with van der Waals surface area (Å²) < 4.78 is 12.3. The average Bonchev–Trinajstić information content (AvgIpc) is 2.83. The van der Waals surface area contributed by atoms with Gasteiger partial charge in [-0.25, -0.2) is 0 Å². The Balaban J connectivity index is 0.00000227. The van der Waals surface area contributed by atoms with Gasteiger partial charge in [0, 0.05) is 24.1 Å². The smallest absolute Gasteiger partial charge is 0.188 e. The molecule has 1 aromatic rings. The lowest BCUT2D eigenvalue weighted by Gasteiger charge is -2.43. The highest BCUT2D eigenvalue weighted by Gasteiger charge is 2.38. The van der Waals surface area contributed by atoms with Crippen LogP contribution in [0.4, 0.5) is 0 Å². The molecular weight excluding hydrogens is 454 g/mol. The van der Waals surface area contributed by atoms with Gasteiger partial charge < -0.3 is 25.4 Å². The minimum Gasteiger partial charge on any atom is -0.507 e. The number of phenolic OH excluding ortho intramolecular Hbond substituents is 1. The van der Waals surface area contributed by atoms with Gasteiger partial charge >= 0.3 is 0 Å². The largest absolute Gasteiger partial charge is 0.507 e. The van der Waals surface area contributed by atoms with Gasteiger partial charge in [0.2, 0.25) is 0 Å². The van der Waals surface area contributed by atoms with E-state index in [4.69, 9.17) is 20.3 Å². The molecule has 6 heteroatoms. The molecule has 1 aromatic carbocycles. The van der Waals surface area contributed by atoms with E-state index >= 15 is 0 Å². The minimum absolute atomic E-state index is 0.00224. The molecule has 1 fully saturated rings. The van der Waals surface area contributed by atoms with E-state index in [2.05, 4.69) is 41.5 Å². The lowest BCUT2D eigenvalue weighted by atomic mass is 9.68. The van der Waals surface area contributed by atoms with Gasteiger partial charge in [-0.15, -0.1) is 0 Å². The number of benzene rings is 1. The SMILES string of the molecule is CC.CCC(C)(C)C(C)(N)CCC(C)C(C)C1CC(C)OC(c2cc(C(C)=O)ccc2O)O1.CCO. The monoisotopic (exact) mass is 509 g/mol. The van der Waals surface area contributed by atoms with Gasteiger partial charge in [0.25, 0.3) is 0 Å². The Morgan fingerprint density at radius 2 is 1.72 bits per heavy atom. The Labute approximate surface area is 221 Å². The second-order valence-corrected chi connectivity index (χ2v) is 10.9. The molecule has 6 unspecified atom stereocenters. The van der Waals surface area contributed by atoms with Crippen molar-refractivity contribution in [3.05, 3.63) is 29.3 Å². The molecule has 0 aromatic heterocycles. The number of nitrogens with two attached hydrogens (primary N) is 1. The number of hydrogen-bond donors (Lipinski definition) is 3. The summed E-state index contributed by atoms with van der Waals surface area (Å²) in [5.74, 6) is 0.781. The van der Waals surface area contributed by atoms with Crippen molar-refractivity contribution < 1.29 is 24.5 Å². The van der Waals surface area contributed by atoms with E-state index in [1.54, 1.807) is 19.1 Å². The molecule has 2 rings (SSSR count). The lowest BCUT2D eigenvalue weighted by Crippen LogP contribution is -2.50. The van der Waals surface area contributed by atoms with Crippen molar-refractivity contribution in [1.29, 1.82) is 0 Å². The normalized spacial score (nSPS) is 23.2. The Bertz CT molecular complexity index is 777. The molecule has 1 saturated heterocycles. The van der Waals surface area contributed by atoms with Gasteiger partial charge in [0.15, 0.2) is 12.1 Å². The molecule has 1 aliphatic rings. The van der Waals surface area contributed by atoms with Crippen molar-refractivity contribution >= 4 is 5.78 Å². The number of ether oxygens (including phenoxy) is 2. The number of hydrogen-bond acceptors (Lipinski definition) is 6. The average molecular weight is 510 g/mol. The number of Topliss-reactive ketones (excluding diaryl/α,β-unsaturated/α-hetero) is 1. The maximum absolute atomic E-state index is 11.8. The van der Waals surface area contributed by atoms with Gasteiger partial charge in [-0.05, 0) is 82.4 Å². The molecule has 4 N–H and O–H groups in total. The van der Waals surface area contributed by atoms with Gasteiger partial charge in [-0.1, -0.05) is 48.5 Å². The van der Waals surface area contributed by atoms with E-state index in [1.165, 1.54) is 13.0 Å². The number of phenols is 1. The third-order valence-electron chi connectivity index (χ3n) is 7.94. The lowest BCUT2D eigenvalue weighted by molar-refractivity contribution is -0.256. The Morgan fingerprint density at radius 3 is 2.22 bits per heavy atom. The van der Waals surface area contributed by atoms with E-state index in [9.17, 15) is 9.90 Å². The third kappa shape index (κ3) is 9.77. The van der Waals surface area contributed by atoms with Crippen LogP contribution in [0.25, 0.3) is 0 Å². The topological polar surface area (TPSA) is 102 Å². The van der Waals surface area contributed by atoms with Crippen LogP contribution >= 0.6 is 0 Å². The Morgan fingerprint density at radius 1 is 1.17 bits per heavy atom. The zero-order valence-corrected chi connectivity index (χ0v) is 24.9. The fraction of sp³-hybridized carbons (Fsp3) is 0.767. The number of ketones is 1. The van der Waals surface area contributed by atoms with Gasteiger partial charge in [0.05, 0.1) is 17.8 Å². The predicted molar refractivity (Wildman–Crippen MR) is 149 cm³/mol. The van der Waals surface area contributed by atoms with Crippen LogP contribution in [0.3, 0.4) is 0 Å². The fourth-order valence-corrected chi connectivity index (χ4v) is 4.19. The number of aliphatic hydroxyl groups excluding tert-OH is 1. The quantitative estimate of drug-likeness (QED) is 0.309. The van der Waals surface area contributed by atoms with E-state index in [-0.39, 0.29) is 41.3 Å². The summed E-state index contributed by atoms with van der Waals surface area (Å²) in [6, 6.07) is 4.84. The molecule has 0 aliphatic carbocycles. The van der Waals surface area contributed by atoms with E-state index in [0.717, 1.165) is 25.7 Å².